The van der Waals surface area contributed by atoms with Gasteiger partial charge in [-0.15, -0.1) is 28.9 Å². The van der Waals surface area contributed by atoms with E-state index >= 15 is 0 Å². The number of para-hydroxylation sites is 3. The Hall–Kier alpha value is -6.19. The molecule has 0 unspecified atom stereocenters. The summed E-state index contributed by atoms with van der Waals surface area (Å²) in [7, 11) is -1.69. The monoisotopic (exact) mass is 1150 g/mol. The van der Waals surface area contributed by atoms with E-state index in [4.69, 9.17) is 23.4 Å². The van der Waals surface area contributed by atoms with Crippen molar-refractivity contribution in [1.82, 2.24) is 9.55 Å². The van der Waals surface area contributed by atoms with Crippen LogP contribution in [0.2, 0.25) is 10.6 Å². The van der Waals surface area contributed by atoms with Crippen molar-refractivity contribution in [2.24, 2.45) is 0 Å². The molecule has 9 aromatic rings. The third-order valence-electron chi connectivity index (χ3n) is 13.7. The molecule has 2 aromatic heterocycles. The Labute approximate surface area is 452 Å². The van der Waals surface area contributed by atoms with Gasteiger partial charge in [-0.1, -0.05) is 171 Å². The van der Waals surface area contributed by atoms with Gasteiger partial charge in [0.2, 0.25) is 0 Å². The number of anilines is 4. The molecule has 0 atom stereocenters. The summed E-state index contributed by atoms with van der Waals surface area (Å²) in [5, 5.41) is 1.68. The summed E-state index contributed by atoms with van der Waals surface area (Å²) in [5.74, 6) is 0.868. The third kappa shape index (κ3) is 10.2. The third-order valence-corrected chi connectivity index (χ3v) is 13.7. The molecule has 8 nitrogen and oxygen atoms in total. The summed E-state index contributed by atoms with van der Waals surface area (Å²) in [4.78, 5) is 9.41. The number of hydrogen-bond donors (Lipinski definition) is 0. The van der Waals surface area contributed by atoms with Gasteiger partial charge in [0.1, 0.15) is 5.82 Å². The predicted molar refractivity (Wildman–Crippen MR) is 302 cm³/mol. The molecule has 2 aliphatic heterocycles. The first-order chi connectivity index (χ1) is 35.1. The minimum absolute atomic E-state index is 0. The molecule has 12 heteroatoms. The van der Waals surface area contributed by atoms with Gasteiger partial charge in [-0.25, -0.2) is 4.98 Å². The molecule has 1 saturated heterocycles. The van der Waals surface area contributed by atoms with Crippen LogP contribution >= 0.6 is 0 Å². The first-order valence-electron chi connectivity index (χ1n) is 25.4. The first-order valence-corrected chi connectivity index (χ1v) is 25.4. The quantitative estimate of drug-likeness (QED) is 0.0999. The normalized spacial score (nSPS) is 14.3. The second-order valence-electron chi connectivity index (χ2n) is 22.5. The molecule has 0 amide bonds. The molecule has 0 spiro atoms. The van der Waals surface area contributed by atoms with Crippen molar-refractivity contribution in [3.8, 4) is 28.1 Å². The van der Waals surface area contributed by atoms with Crippen LogP contribution in [0.5, 0.6) is 0 Å². The molecule has 74 heavy (non-hydrogen) atoms. The van der Waals surface area contributed by atoms with Crippen molar-refractivity contribution in [3.63, 3.8) is 0 Å². The summed E-state index contributed by atoms with van der Waals surface area (Å²) < 4.78 is 28.9. The molecular formula is C62H60B3N4O4Pt-3. The van der Waals surface area contributed by atoms with E-state index in [1.807, 2.05) is 6.20 Å². The van der Waals surface area contributed by atoms with Gasteiger partial charge in [0, 0.05) is 74.1 Å². The summed E-state index contributed by atoms with van der Waals surface area (Å²) in [6, 6.07) is 65.1. The second kappa shape index (κ2) is 20.5. The zero-order valence-electron chi connectivity index (χ0n) is 43.6. The van der Waals surface area contributed by atoms with Crippen molar-refractivity contribution in [2.75, 3.05) is 9.80 Å². The number of rotatable bonds is 10. The fraction of sp³-hybridized carbons (Fsp3) is 0.226. The number of nitrogens with zero attached hydrogens (tertiary/aromatic N) is 4. The Morgan fingerprint density at radius 2 is 1.20 bits per heavy atom. The number of aromatic nitrogens is 2. The van der Waals surface area contributed by atoms with E-state index in [2.05, 4.69) is 259 Å². The van der Waals surface area contributed by atoms with Crippen molar-refractivity contribution < 1.29 is 39.5 Å². The maximum Gasteiger partial charge on any atom is 0.468 e. The Balaban J connectivity index is 0.00000626. The fourth-order valence-corrected chi connectivity index (χ4v) is 9.87. The van der Waals surface area contributed by atoms with Gasteiger partial charge in [-0.05, 0) is 74.0 Å². The van der Waals surface area contributed by atoms with E-state index < -0.39 is 21.4 Å². The van der Waals surface area contributed by atoms with Gasteiger partial charge in [-0.3, -0.25) is 0 Å². The standard InChI is InChI=1S/C62H60B3N4O4.Pt/c1-60(2,3)48-34-35-66-58(39-48)69-54-33-31-47(45-21-12-10-13-22-45)38-52(54)51-32-30-44(37-57(51)69)41-70-40-43-20-18-25-49(36-43)67-42-68(56-29-17-16-28-55(56)67)59-50(46-23-14-11-15-24-46)26-19-27-53(59)63-71-64(61(4,5)6)73-65(72-63)62(7,8)9;/h10-35,38-39,42H,40-41H2,1-9H3;/q-3;. The Morgan fingerprint density at radius 3 is 1.88 bits per heavy atom. The molecule has 374 valence electrons. The largest absolute Gasteiger partial charge is 0.493 e. The van der Waals surface area contributed by atoms with E-state index in [-0.39, 0.29) is 37.1 Å². The van der Waals surface area contributed by atoms with Crippen LogP contribution in [0, 0.1) is 18.8 Å². The van der Waals surface area contributed by atoms with E-state index in [0.717, 1.165) is 78.1 Å². The van der Waals surface area contributed by atoms with Crippen LogP contribution in [0.1, 0.15) is 79.0 Å². The number of hydrogen-bond acceptors (Lipinski definition) is 7. The van der Waals surface area contributed by atoms with Crippen molar-refractivity contribution in [2.45, 2.75) is 91.6 Å². The summed E-state index contributed by atoms with van der Waals surface area (Å²) in [6.07, 6.45) is 1.92. The number of fused-ring (bicyclic) bond motifs is 4. The average Bonchev–Trinajstić information content (AvgIpc) is 3.94. The van der Waals surface area contributed by atoms with E-state index in [0.29, 0.717) is 13.2 Å². The molecule has 2 aliphatic rings. The van der Waals surface area contributed by atoms with Crippen LogP contribution in [0.25, 0.3) is 49.9 Å². The van der Waals surface area contributed by atoms with Crippen LogP contribution in [-0.2, 0) is 58.1 Å². The summed E-state index contributed by atoms with van der Waals surface area (Å²) in [6.45, 7) is 22.5. The van der Waals surface area contributed by atoms with E-state index in [9.17, 15) is 0 Å². The molecule has 0 bridgehead atoms. The minimum atomic E-state index is -0.701. The van der Waals surface area contributed by atoms with E-state index in [1.165, 1.54) is 16.7 Å². The zero-order valence-corrected chi connectivity index (χ0v) is 45.9. The summed E-state index contributed by atoms with van der Waals surface area (Å²) >= 11 is 0. The molecule has 7 aromatic carbocycles. The van der Waals surface area contributed by atoms with Crippen molar-refractivity contribution in [1.29, 1.82) is 0 Å². The molecule has 0 saturated carbocycles. The number of pyridine rings is 1. The molecule has 4 heterocycles. The van der Waals surface area contributed by atoms with Gasteiger partial charge < -0.3 is 32.8 Å². The van der Waals surface area contributed by atoms with Crippen LogP contribution in [0.3, 0.4) is 0 Å². The first kappa shape index (κ1) is 51.3. The van der Waals surface area contributed by atoms with Crippen LogP contribution in [-0.4, -0.2) is 30.9 Å². The Bertz CT molecular complexity index is 3440. The van der Waals surface area contributed by atoms with Gasteiger partial charge in [-0.2, -0.15) is 42.5 Å². The zero-order chi connectivity index (χ0) is 50.6. The average molecular weight is 1150 g/mol. The second-order valence-corrected chi connectivity index (χ2v) is 22.5. The Kier molecular flexibility index (Phi) is 14.2. The van der Waals surface area contributed by atoms with Crippen molar-refractivity contribution in [3.05, 3.63) is 205 Å². The van der Waals surface area contributed by atoms with Crippen LogP contribution in [0.4, 0.5) is 22.7 Å². The van der Waals surface area contributed by atoms with Gasteiger partial charge >= 0.3 is 21.4 Å². The Morgan fingerprint density at radius 1 is 0.568 bits per heavy atom. The topological polar surface area (TPSA) is 61.2 Å². The molecule has 11 rings (SSSR count). The maximum absolute atomic E-state index is 6.81. The van der Waals surface area contributed by atoms with Gasteiger partial charge in [0.25, 0.3) is 0 Å². The minimum Gasteiger partial charge on any atom is -0.493 e. The smallest absolute Gasteiger partial charge is 0.468 e. The molecule has 0 radical (unpaired) electrons. The van der Waals surface area contributed by atoms with Crippen LogP contribution in [0.15, 0.2) is 170 Å². The van der Waals surface area contributed by atoms with Crippen LogP contribution < -0.4 is 15.3 Å². The maximum atomic E-state index is 6.81. The predicted octanol–water partition coefficient (Wildman–Crippen LogP) is 14.9. The molecular weight excluding hydrogens is 1090 g/mol. The number of benzene rings is 7. The van der Waals surface area contributed by atoms with Gasteiger partial charge in [0.15, 0.2) is 0 Å². The molecule has 1 fully saturated rings. The summed E-state index contributed by atoms with van der Waals surface area (Å²) in [5.41, 5.74) is 14.4. The van der Waals surface area contributed by atoms with E-state index in [1.54, 1.807) is 0 Å². The van der Waals surface area contributed by atoms with Crippen molar-refractivity contribution >= 4 is 71.4 Å². The fourth-order valence-electron chi connectivity index (χ4n) is 9.87. The molecule has 0 aliphatic carbocycles. The number of ether oxygens (including phenoxy) is 1. The van der Waals surface area contributed by atoms with Gasteiger partial charge in [0.05, 0.1) is 0 Å². The molecule has 0 N–H and O–H groups in total. The SMILES string of the molecule is CC(C)(C)B1OB(c2cccc(-c3ccccc3)c2N2[CH-]N(c3[c-]c(COCc4[c-]c5c(cc4)c4cc(-c6ccccc6)ccc4n5-c4cc(C(C)(C)C)ccn4)ccc3)c3ccccc32)OB(C(C)(C)C)O1.[Pt].